The Hall–Kier alpha value is -3.19. The van der Waals surface area contributed by atoms with Crippen LogP contribution in [0.25, 0.3) is 11.0 Å². The standard InChI is InChI=1S/C26H29ClF4N8O/c27-15-3-6-20(19(28)12-15)34-22-18-13-33-38(14-26(29,30)31)23(18)36-25(35-22)37-10-7-17(8-11-37)39(16-4-5-16)24(40)21-2-1-9-32-21/h3,6,12-13,16-17,21,32H,1-2,4-5,7-11,14H2,(H,34,35,36). The van der Waals surface area contributed by atoms with E-state index in [-0.39, 0.29) is 57.5 Å². The van der Waals surface area contributed by atoms with Gasteiger partial charge in [-0.15, -0.1) is 0 Å². The third-order valence-electron chi connectivity index (χ3n) is 7.69. The Morgan fingerprint density at radius 2 is 1.88 bits per heavy atom. The Bertz CT molecular complexity index is 1400. The third-order valence-corrected chi connectivity index (χ3v) is 7.93. The summed E-state index contributed by atoms with van der Waals surface area (Å²) in [5, 5.41) is 10.5. The van der Waals surface area contributed by atoms with E-state index in [4.69, 9.17) is 11.6 Å². The van der Waals surface area contributed by atoms with Crippen molar-refractivity contribution in [2.45, 2.75) is 69.4 Å². The molecule has 2 aromatic heterocycles. The molecule has 214 valence electrons. The molecule has 40 heavy (non-hydrogen) atoms. The van der Waals surface area contributed by atoms with Crippen molar-refractivity contribution in [2.24, 2.45) is 0 Å². The number of hydrogen-bond acceptors (Lipinski definition) is 7. The van der Waals surface area contributed by atoms with E-state index in [1.165, 1.54) is 18.3 Å². The Labute approximate surface area is 232 Å². The highest BCUT2D eigenvalue weighted by Crippen LogP contribution is 2.35. The lowest BCUT2D eigenvalue weighted by Crippen LogP contribution is -2.53. The molecule has 2 aliphatic heterocycles. The molecule has 3 aliphatic rings. The second-order valence-electron chi connectivity index (χ2n) is 10.6. The zero-order valence-corrected chi connectivity index (χ0v) is 22.3. The molecule has 6 rings (SSSR count). The molecule has 1 aromatic carbocycles. The van der Waals surface area contributed by atoms with E-state index in [1.807, 2.05) is 4.90 Å². The normalized spacial score (nSPS) is 20.3. The maximum Gasteiger partial charge on any atom is 0.408 e. The van der Waals surface area contributed by atoms with Crippen LogP contribution < -0.4 is 15.5 Å². The van der Waals surface area contributed by atoms with E-state index >= 15 is 0 Å². The number of anilines is 3. The molecule has 1 saturated carbocycles. The molecule has 4 heterocycles. The Morgan fingerprint density at radius 3 is 2.52 bits per heavy atom. The predicted molar refractivity (Wildman–Crippen MR) is 142 cm³/mol. The fraction of sp³-hybridized carbons (Fsp3) is 0.538. The minimum Gasteiger partial charge on any atom is -0.341 e. The lowest BCUT2D eigenvalue weighted by atomic mass is 10.0. The topological polar surface area (TPSA) is 91.2 Å². The number of aromatic nitrogens is 4. The molecule has 1 atom stereocenters. The number of piperidine rings is 1. The summed E-state index contributed by atoms with van der Waals surface area (Å²) in [6, 6.07) is 4.30. The van der Waals surface area contributed by atoms with Crippen LogP contribution in [0.15, 0.2) is 24.4 Å². The summed E-state index contributed by atoms with van der Waals surface area (Å²) < 4.78 is 55.2. The molecule has 0 spiro atoms. The smallest absolute Gasteiger partial charge is 0.341 e. The maximum atomic E-state index is 14.6. The van der Waals surface area contributed by atoms with Gasteiger partial charge in [-0.2, -0.15) is 28.2 Å². The van der Waals surface area contributed by atoms with Gasteiger partial charge in [0, 0.05) is 30.2 Å². The minimum atomic E-state index is -4.51. The quantitative estimate of drug-likeness (QED) is 0.394. The van der Waals surface area contributed by atoms with E-state index in [0.717, 1.165) is 43.0 Å². The lowest BCUT2D eigenvalue weighted by molar-refractivity contribution is -0.142. The molecule has 1 unspecified atom stereocenters. The predicted octanol–water partition coefficient (Wildman–Crippen LogP) is 4.64. The number of carbonyl (C=O) groups is 1. The van der Waals surface area contributed by atoms with E-state index in [0.29, 0.717) is 25.9 Å². The van der Waals surface area contributed by atoms with Gasteiger partial charge in [-0.25, -0.2) is 9.07 Å². The van der Waals surface area contributed by atoms with Crippen molar-refractivity contribution in [3.8, 4) is 0 Å². The van der Waals surface area contributed by atoms with Gasteiger partial charge < -0.3 is 20.4 Å². The van der Waals surface area contributed by atoms with Crippen LogP contribution in [-0.2, 0) is 11.3 Å². The molecular weight excluding hydrogens is 552 g/mol. The molecule has 0 radical (unpaired) electrons. The van der Waals surface area contributed by atoms with Crippen molar-refractivity contribution in [1.29, 1.82) is 0 Å². The number of alkyl halides is 3. The fourth-order valence-electron chi connectivity index (χ4n) is 5.61. The first kappa shape index (κ1) is 27.0. The second kappa shape index (κ2) is 10.7. The van der Waals surface area contributed by atoms with E-state index in [2.05, 4.69) is 30.6 Å². The van der Waals surface area contributed by atoms with Gasteiger partial charge in [0.05, 0.1) is 23.3 Å². The average molecular weight is 581 g/mol. The largest absolute Gasteiger partial charge is 0.408 e. The Balaban J connectivity index is 1.27. The van der Waals surface area contributed by atoms with Gasteiger partial charge in [-0.05, 0) is 63.3 Å². The number of hydrogen-bond donors (Lipinski definition) is 2. The third kappa shape index (κ3) is 5.67. The number of halogens is 5. The second-order valence-corrected chi connectivity index (χ2v) is 11.1. The monoisotopic (exact) mass is 580 g/mol. The van der Waals surface area contributed by atoms with E-state index in [1.54, 1.807) is 0 Å². The highest BCUT2D eigenvalue weighted by Gasteiger charge is 2.41. The Kier molecular flexibility index (Phi) is 7.19. The molecular formula is C26H29ClF4N8O. The maximum absolute atomic E-state index is 14.6. The van der Waals surface area contributed by atoms with Crippen molar-refractivity contribution < 1.29 is 22.4 Å². The van der Waals surface area contributed by atoms with Gasteiger partial charge in [-0.1, -0.05) is 11.6 Å². The number of amides is 1. The van der Waals surface area contributed by atoms with Gasteiger partial charge in [-0.3, -0.25) is 4.79 Å². The summed E-state index contributed by atoms with van der Waals surface area (Å²) in [6.07, 6.45) is 1.97. The summed E-state index contributed by atoms with van der Waals surface area (Å²) in [6.45, 7) is 0.575. The van der Waals surface area contributed by atoms with Crippen LogP contribution in [-0.4, -0.2) is 74.5 Å². The van der Waals surface area contributed by atoms with E-state index in [9.17, 15) is 22.4 Å². The van der Waals surface area contributed by atoms with Crippen molar-refractivity contribution in [2.75, 3.05) is 29.9 Å². The van der Waals surface area contributed by atoms with E-state index < -0.39 is 18.5 Å². The summed E-state index contributed by atoms with van der Waals surface area (Å²) in [5.41, 5.74) is 0.0557. The molecule has 2 N–H and O–H groups in total. The highest BCUT2D eigenvalue weighted by molar-refractivity contribution is 6.30. The van der Waals surface area contributed by atoms with Crippen molar-refractivity contribution in [3.63, 3.8) is 0 Å². The fourth-order valence-corrected chi connectivity index (χ4v) is 5.77. The van der Waals surface area contributed by atoms with Crippen LogP contribution >= 0.6 is 11.6 Å². The number of benzene rings is 1. The molecule has 3 fully saturated rings. The minimum absolute atomic E-state index is 0.0107. The first-order valence-electron chi connectivity index (χ1n) is 13.5. The van der Waals surface area contributed by atoms with Gasteiger partial charge in [0.2, 0.25) is 11.9 Å². The van der Waals surface area contributed by atoms with Gasteiger partial charge in [0.1, 0.15) is 18.2 Å². The molecule has 14 heteroatoms. The SMILES string of the molecule is O=C(C1CCCN1)N(C1CC1)C1CCN(c2nc(Nc3ccc(Cl)cc3F)c3cnn(CC(F)(F)F)c3n2)CC1. The highest BCUT2D eigenvalue weighted by atomic mass is 35.5. The first-order valence-corrected chi connectivity index (χ1v) is 13.9. The molecule has 2 saturated heterocycles. The Morgan fingerprint density at radius 1 is 1.12 bits per heavy atom. The van der Waals surface area contributed by atoms with Crippen LogP contribution in [0.3, 0.4) is 0 Å². The van der Waals surface area contributed by atoms with Crippen LogP contribution in [0.5, 0.6) is 0 Å². The molecule has 9 nitrogen and oxygen atoms in total. The summed E-state index contributed by atoms with van der Waals surface area (Å²) in [4.78, 5) is 26.3. The van der Waals surface area contributed by atoms with Gasteiger partial charge >= 0.3 is 6.18 Å². The number of nitrogens with one attached hydrogen (secondary N) is 2. The summed E-state index contributed by atoms with van der Waals surface area (Å²) in [7, 11) is 0. The zero-order chi connectivity index (χ0) is 28.0. The summed E-state index contributed by atoms with van der Waals surface area (Å²) >= 11 is 5.87. The number of nitrogens with zero attached hydrogens (tertiary/aromatic N) is 6. The number of rotatable bonds is 7. The first-order chi connectivity index (χ1) is 19.2. The average Bonchev–Trinajstić information content (AvgIpc) is 3.42. The zero-order valence-electron chi connectivity index (χ0n) is 21.6. The van der Waals surface area contributed by atoms with Gasteiger partial charge in [0.15, 0.2) is 5.65 Å². The number of fused-ring (bicyclic) bond motifs is 1. The lowest BCUT2D eigenvalue weighted by Gasteiger charge is -2.40. The molecule has 3 aromatic rings. The van der Waals surface area contributed by atoms with Gasteiger partial charge in [0.25, 0.3) is 0 Å². The van der Waals surface area contributed by atoms with Crippen molar-refractivity contribution >= 4 is 46.0 Å². The van der Waals surface area contributed by atoms with Crippen LogP contribution in [0.2, 0.25) is 5.02 Å². The molecule has 1 aliphatic carbocycles. The number of carbonyl (C=O) groups excluding carboxylic acids is 1. The molecule has 1 amide bonds. The van der Waals surface area contributed by atoms with Crippen LogP contribution in [0, 0.1) is 5.82 Å². The summed E-state index contributed by atoms with van der Waals surface area (Å²) in [5.74, 6) is -0.109. The van der Waals surface area contributed by atoms with Crippen LogP contribution in [0.1, 0.15) is 38.5 Å². The van der Waals surface area contributed by atoms with Crippen LogP contribution in [0.4, 0.5) is 35.0 Å². The molecule has 0 bridgehead atoms. The van der Waals surface area contributed by atoms with Crippen molar-refractivity contribution in [3.05, 3.63) is 35.2 Å². The van der Waals surface area contributed by atoms with Crippen molar-refractivity contribution in [1.82, 2.24) is 30.0 Å².